The van der Waals surface area contributed by atoms with Gasteiger partial charge in [-0.25, -0.2) is 0 Å². The maximum atomic E-state index is 9.43. The molecular formula is C9H14O2. The molecule has 1 saturated heterocycles. The highest BCUT2D eigenvalue weighted by Gasteiger charge is 2.45. The summed E-state index contributed by atoms with van der Waals surface area (Å²) in [4.78, 5) is 0. The van der Waals surface area contributed by atoms with Gasteiger partial charge in [0.1, 0.15) is 0 Å². The van der Waals surface area contributed by atoms with Gasteiger partial charge in [-0.1, -0.05) is 19.1 Å². The second kappa shape index (κ2) is 2.32. The first-order chi connectivity index (χ1) is 5.22. The van der Waals surface area contributed by atoms with Crippen molar-refractivity contribution in [2.75, 3.05) is 6.61 Å². The molecule has 2 nitrogen and oxygen atoms in total. The molecule has 2 rings (SSSR count). The van der Waals surface area contributed by atoms with Gasteiger partial charge in [0.2, 0.25) is 0 Å². The Labute approximate surface area is 66.9 Å². The Morgan fingerprint density at radius 2 is 2.36 bits per heavy atom. The Morgan fingerprint density at radius 1 is 1.55 bits per heavy atom. The summed E-state index contributed by atoms with van der Waals surface area (Å²) in [7, 11) is 0. The van der Waals surface area contributed by atoms with Crippen molar-refractivity contribution in [3.8, 4) is 0 Å². The average Bonchev–Trinajstić information content (AvgIpc) is 2.29. The van der Waals surface area contributed by atoms with E-state index in [4.69, 9.17) is 4.74 Å². The Bertz CT molecular complexity index is 188. The minimum atomic E-state index is -0.523. The smallest absolute Gasteiger partial charge is 0.158 e. The van der Waals surface area contributed by atoms with Crippen molar-refractivity contribution < 1.29 is 9.84 Å². The Hall–Kier alpha value is -0.340. The molecule has 3 unspecified atom stereocenters. The Balaban J connectivity index is 2.22. The maximum Gasteiger partial charge on any atom is 0.158 e. The predicted octanol–water partition coefficient (Wildman–Crippen LogP) is 1.31. The van der Waals surface area contributed by atoms with Gasteiger partial charge in [0.25, 0.3) is 0 Å². The Morgan fingerprint density at radius 3 is 3.09 bits per heavy atom. The van der Waals surface area contributed by atoms with E-state index in [1.54, 1.807) is 0 Å². The topological polar surface area (TPSA) is 29.5 Å². The summed E-state index contributed by atoms with van der Waals surface area (Å²) in [6.07, 6.45) is 5.83. The van der Waals surface area contributed by atoms with Crippen molar-refractivity contribution >= 4 is 0 Å². The maximum absolute atomic E-state index is 9.43. The third-order valence-corrected chi connectivity index (χ3v) is 2.96. The van der Waals surface area contributed by atoms with E-state index in [-0.39, 0.29) is 5.41 Å². The lowest BCUT2D eigenvalue weighted by Gasteiger charge is -2.31. The van der Waals surface area contributed by atoms with Gasteiger partial charge in [-0.2, -0.15) is 0 Å². The molecule has 2 aliphatic rings. The lowest BCUT2D eigenvalue weighted by Crippen LogP contribution is -2.30. The number of aliphatic hydroxyl groups excluding tert-OH is 1. The summed E-state index contributed by atoms with van der Waals surface area (Å²) in [6, 6.07) is 0. The zero-order valence-electron chi connectivity index (χ0n) is 6.79. The number of rotatable bonds is 0. The molecule has 1 aliphatic heterocycles. The van der Waals surface area contributed by atoms with Crippen molar-refractivity contribution in [3.05, 3.63) is 12.2 Å². The van der Waals surface area contributed by atoms with Crippen LogP contribution in [-0.2, 0) is 4.74 Å². The molecule has 0 radical (unpaired) electrons. The highest BCUT2D eigenvalue weighted by Crippen LogP contribution is 2.45. The number of aliphatic hydroxyl groups is 1. The summed E-state index contributed by atoms with van der Waals surface area (Å²) in [5, 5.41) is 9.43. The molecule has 1 aliphatic carbocycles. The van der Waals surface area contributed by atoms with Crippen LogP contribution in [0.3, 0.4) is 0 Å². The van der Waals surface area contributed by atoms with E-state index < -0.39 is 6.29 Å². The van der Waals surface area contributed by atoms with E-state index in [1.807, 2.05) is 0 Å². The minimum Gasteiger partial charge on any atom is -0.368 e. The van der Waals surface area contributed by atoms with Crippen LogP contribution in [0, 0.1) is 11.3 Å². The van der Waals surface area contributed by atoms with Crippen molar-refractivity contribution in [3.63, 3.8) is 0 Å². The lowest BCUT2D eigenvalue weighted by atomic mass is 9.72. The van der Waals surface area contributed by atoms with Crippen LogP contribution in [0.15, 0.2) is 12.2 Å². The first-order valence-corrected chi connectivity index (χ1v) is 4.17. The summed E-state index contributed by atoms with van der Waals surface area (Å²) in [6.45, 7) is 2.90. The van der Waals surface area contributed by atoms with Crippen LogP contribution in [0.25, 0.3) is 0 Å². The van der Waals surface area contributed by atoms with E-state index in [1.165, 1.54) is 0 Å². The van der Waals surface area contributed by atoms with Crippen molar-refractivity contribution in [2.24, 2.45) is 11.3 Å². The van der Waals surface area contributed by atoms with E-state index in [2.05, 4.69) is 19.1 Å². The fraction of sp³-hybridized carbons (Fsp3) is 0.778. The minimum absolute atomic E-state index is 0.203. The normalized spacial score (nSPS) is 49.3. The molecule has 1 N–H and O–H groups in total. The zero-order valence-corrected chi connectivity index (χ0v) is 6.79. The average molecular weight is 154 g/mol. The molecule has 2 heteroatoms. The van der Waals surface area contributed by atoms with Crippen LogP contribution < -0.4 is 0 Å². The van der Waals surface area contributed by atoms with Gasteiger partial charge in [0.05, 0.1) is 6.61 Å². The van der Waals surface area contributed by atoms with Crippen LogP contribution in [0.4, 0.5) is 0 Å². The molecule has 0 saturated carbocycles. The van der Waals surface area contributed by atoms with Gasteiger partial charge in [-0.3, -0.25) is 0 Å². The third kappa shape index (κ3) is 1.01. The SMILES string of the molecule is CC12CC=CCC1C(O)OC2. The quantitative estimate of drug-likeness (QED) is 0.533. The van der Waals surface area contributed by atoms with Crippen LogP contribution in [0.5, 0.6) is 0 Å². The zero-order chi connectivity index (χ0) is 7.90. The molecule has 3 atom stereocenters. The van der Waals surface area contributed by atoms with Crippen molar-refractivity contribution in [1.82, 2.24) is 0 Å². The second-order valence-corrected chi connectivity index (χ2v) is 3.87. The van der Waals surface area contributed by atoms with E-state index in [9.17, 15) is 5.11 Å². The lowest BCUT2D eigenvalue weighted by molar-refractivity contribution is -0.0820. The molecule has 0 bridgehead atoms. The monoisotopic (exact) mass is 154 g/mol. The highest BCUT2D eigenvalue weighted by molar-refractivity contribution is 5.03. The molecular weight excluding hydrogens is 140 g/mol. The first kappa shape index (κ1) is 7.32. The van der Waals surface area contributed by atoms with E-state index in [0.717, 1.165) is 12.8 Å². The van der Waals surface area contributed by atoms with Crippen LogP contribution in [0.2, 0.25) is 0 Å². The molecule has 0 aromatic carbocycles. The molecule has 0 aromatic heterocycles. The molecule has 0 aromatic rings. The van der Waals surface area contributed by atoms with Gasteiger partial charge >= 0.3 is 0 Å². The first-order valence-electron chi connectivity index (χ1n) is 4.17. The molecule has 0 spiro atoms. The Kier molecular flexibility index (Phi) is 1.55. The van der Waals surface area contributed by atoms with Crippen molar-refractivity contribution in [2.45, 2.75) is 26.1 Å². The number of ether oxygens (including phenoxy) is 1. The fourth-order valence-corrected chi connectivity index (χ4v) is 2.05. The molecule has 11 heavy (non-hydrogen) atoms. The fourth-order valence-electron chi connectivity index (χ4n) is 2.05. The molecule has 0 amide bonds. The number of allylic oxidation sites excluding steroid dienone is 2. The van der Waals surface area contributed by atoms with Gasteiger partial charge in [0, 0.05) is 11.3 Å². The molecule has 1 heterocycles. The van der Waals surface area contributed by atoms with Crippen LogP contribution in [-0.4, -0.2) is 18.0 Å². The highest BCUT2D eigenvalue weighted by atomic mass is 16.6. The predicted molar refractivity (Wildman–Crippen MR) is 41.9 cm³/mol. The summed E-state index contributed by atoms with van der Waals surface area (Å²) < 4.78 is 5.22. The van der Waals surface area contributed by atoms with Crippen molar-refractivity contribution in [1.29, 1.82) is 0 Å². The molecule has 62 valence electrons. The van der Waals surface area contributed by atoms with Gasteiger partial charge in [-0.15, -0.1) is 0 Å². The number of hydrogen-bond acceptors (Lipinski definition) is 2. The second-order valence-electron chi connectivity index (χ2n) is 3.87. The largest absolute Gasteiger partial charge is 0.368 e. The van der Waals surface area contributed by atoms with E-state index >= 15 is 0 Å². The molecule has 1 fully saturated rings. The van der Waals surface area contributed by atoms with Gasteiger partial charge < -0.3 is 9.84 Å². The van der Waals surface area contributed by atoms with E-state index in [0.29, 0.717) is 12.5 Å². The summed E-state index contributed by atoms with van der Waals surface area (Å²) >= 11 is 0. The summed E-state index contributed by atoms with van der Waals surface area (Å²) in [5.74, 6) is 0.326. The van der Waals surface area contributed by atoms with Gasteiger partial charge in [0.15, 0.2) is 6.29 Å². The van der Waals surface area contributed by atoms with Crippen LogP contribution >= 0.6 is 0 Å². The third-order valence-electron chi connectivity index (χ3n) is 2.96. The van der Waals surface area contributed by atoms with Gasteiger partial charge in [-0.05, 0) is 12.8 Å². The number of hydrogen-bond donors (Lipinski definition) is 1. The summed E-state index contributed by atoms with van der Waals surface area (Å²) in [5.41, 5.74) is 0.203. The van der Waals surface area contributed by atoms with Crippen LogP contribution in [0.1, 0.15) is 19.8 Å². The standard InChI is InChI=1S/C9H14O2/c1-9-5-3-2-4-7(9)8(10)11-6-9/h2-3,7-8,10H,4-6H2,1H3. The number of fused-ring (bicyclic) bond motifs is 1.